The van der Waals surface area contributed by atoms with Crippen molar-refractivity contribution >= 4 is 29.7 Å². The average Bonchev–Trinajstić information content (AvgIpc) is 2.86. The van der Waals surface area contributed by atoms with E-state index in [2.05, 4.69) is 5.43 Å². The number of primary amides is 1. The molecule has 5 amide bonds. The minimum Gasteiger partial charge on any atom is -0.444 e. The first-order chi connectivity index (χ1) is 17.9. The zero-order chi connectivity index (χ0) is 28.3. The maximum absolute atomic E-state index is 13.5. The van der Waals surface area contributed by atoms with Gasteiger partial charge < -0.3 is 10.5 Å². The van der Waals surface area contributed by atoms with Crippen LogP contribution in [-0.2, 0) is 23.9 Å². The Morgan fingerprint density at radius 2 is 1.42 bits per heavy atom. The van der Waals surface area contributed by atoms with Gasteiger partial charge >= 0.3 is 29.7 Å². The molecule has 4 N–H and O–H groups in total. The van der Waals surface area contributed by atoms with Crippen molar-refractivity contribution in [2.24, 2.45) is 5.73 Å². The van der Waals surface area contributed by atoms with Gasteiger partial charge in [0.2, 0.25) is 0 Å². The van der Waals surface area contributed by atoms with E-state index >= 15 is 0 Å². The molecule has 0 bridgehead atoms. The molecule has 0 atom stereocenters. The molecule has 0 fully saturated rings. The number of hydrogen-bond acceptors (Lipinski definition) is 7. The Morgan fingerprint density at radius 1 is 0.895 bits per heavy atom. The number of benzene rings is 2. The van der Waals surface area contributed by atoms with Crippen molar-refractivity contribution in [2.75, 3.05) is 13.1 Å². The van der Waals surface area contributed by atoms with Crippen LogP contribution in [0.5, 0.6) is 0 Å². The van der Waals surface area contributed by atoms with Gasteiger partial charge in [-0.1, -0.05) is 74.0 Å². The lowest BCUT2D eigenvalue weighted by molar-refractivity contribution is -0.168. The van der Waals surface area contributed by atoms with Gasteiger partial charge in [0.25, 0.3) is 0 Å². The number of nitrogens with zero attached hydrogens (tertiary/aromatic N) is 2. The van der Waals surface area contributed by atoms with E-state index in [0.717, 1.165) is 21.3 Å². The summed E-state index contributed by atoms with van der Waals surface area (Å²) in [5, 5.41) is 4.02. The third kappa shape index (κ3) is 9.32. The summed E-state index contributed by atoms with van der Waals surface area (Å²) < 4.78 is 5.09. The summed E-state index contributed by atoms with van der Waals surface area (Å²) in [5.74, 6) is -5.28. The van der Waals surface area contributed by atoms with E-state index in [9.17, 15) is 24.0 Å². The molecule has 0 heterocycles. The predicted octanol–water partition coefficient (Wildman–Crippen LogP) is 2.23. The van der Waals surface area contributed by atoms with Crippen molar-refractivity contribution in [1.29, 1.82) is 0 Å². The van der Waals surface area contributed by atoms with Crippen LogP contribution in [-0.4, -0.2) is 58.5 Å². The molecule has 0 radical (unpaired) electrons. The van der Waals surface area contributed by atoms with Crippen molar-refractivity contribution in [3.63, 3.8) is 0 Å². The molecule has 0 aliphatic rings. The summed E-state index contributed by atoms with van der Waals surface area (Å²) in [7, 11) is 0. The molecule has 2 aromatic rings. The second-order valence-corrected chi connectivity index (χ2v) is 9.50. The van der Waals surface area contributed by atoms with Crippen molar-refractivity contribution in [1.82, 2.24) is 20.9 Å². The molecule has 0 aliphatic heterocycles. The average molecular weight is 526 g/mol. The monoisotopic (exact) mass is 525 g/mol. The SMILES string of the molecule is CCCCN(NC(=O)C(N)=O)N(CC(c1ccccc1)c1ccccc1)C(=O)C(=O)NC(=O)OC(C)(C)C. The largest absolute Gasteiger partial charge is 0.444 e. The Balaban J connectivity index is 2.50. The Bertz CT molecular complexity index is 1080. The number of nitrogens with two attached hydrogens (primary N) is 1. The van der Waals surface area contributed by atoms with Crippen LogP contribution in [0.15, 0.2) is 60.7 Å². The maximum Gasteiger partial charge on any atom is 0.414 e. The van der Waals surface area contributed by atoms with E-state index in [4.69, 9.17) is 10.5 Å². The highest BCUT2D eigenvalue weighted by Gasteiger charge is 2.33. The smallest absolute Gasteiger partial charge is 0.414 e. The number of alkyl carbamates (subject to hydrolysis) is 1. The van der Waals surface area contributed by atoms with E-state index in [1.807, 2.05) is 72.9 Å². The van der Waals surface area contributed by atoms with Crippen LogP contribution in [0.25, 0.3) is 0 Å². The molecule has 11 nitrogen and oxygen atoms in total. The minimum atomic E-state index is -1.27. The topological polar surface area (TPSA) is 151 Å². The fourth-order valence-electron chi connectivity index (χ4n) is 3.52. The first-order valence-electron chi connectivity index (χ1n) is 12.3. The Morgan fingerprint density at radius 3 is 1.87 bits per heavy atom. The summed E-state index contributed by atoms with van der Waals surface area (Å²) in [5.41, 5.74) is 8.22. The molecule has 38 heavy (non-hydrogen) atoms. The highest BCUT2D eigenvalue weighted by Crippen LogP contribution is 2.26. The lowest BCUT2D eigenvalue weighted by atomic mass is 9.91. The fourth-order valence-corrected chi connectivity index (χ4v) is 3.52. The molecule has 0 spiro atoms. The van der Waals surface area contributed by atoms with Crippen molar-refractivity contribution in [3.05, 3.63) is 71.8 Å². The fraction of sp³-hybridized carbons (Fsp3) is 0.370. The van der Waals surface area contributed by atoms with Gasteiger partial charge in [0.1, 0.15) is 5.60 Å². The lowest BCUT2D eigenvalue weighted by Crippen LogP contribution is -2.61. The Hall–Kier alpha value is -4.25. The highest BCUT2D eigenvalue weighted by molar-refractivity contribution is 6.37. The number of nitrogens with one attached hydrogen (secondary N) is 2. The maximum atomic E-state index is 13.5. The number of unbranched alkanes of at least 4 members (excludes halogenated alkanes) is 1. The second kappa shape index (κ2) is 13.9. The van der Waals surface area contributed by atoms with Crippen LogP contribution in [0.1, 0.15) is 57.6 Å². The van der Waals surface area contributed by atoms with Crippen LogP contribution in [0, 0.1) is 0 Å². The summed E-state index contributed by atoms with van der Waals surface area (Å²) in [6.07, 6.45) is 0.0769. The molecule has 0 aromatic heterocycles. The predicted molar refractivity (Wildman–Crippen MR) is 140 cm³/mol. The van der Waals surface area contributed by atoms with Crippen molar-refractivity contribution < 1.29 is 28.7 Å². The van der Waals surface area contributed by atoms with Crippen LogP contribution in [0.2, 0.25) is 0 Å². The van der Waals surface area contributed by atoms with Gasteiger partial charge in [-0.15, -0.1) is 5.12 Å². The molecule has 0 saturated carbocycles. The van der Waals surface area contributed by atoms with E-state index in [1.165, 1.54) is 0 Å². The number of rotatable bonds is 9. The van der Waals surface area contributed by atoms with Gasteiger partial charge in [0, 0.05) is 12.5 Å². The van der Waals surface area contributed by atoms with Crippen LogP contribution in [0.3, 0.4) is 0 Å². The summed E-state index contributed by atoms with van der Waals surface area (Å²) >= 11 is 0. The summed E-state index contributed by atoms with van der Waals surface area (Å²) in [6.45, 7) is 6.70. The normalized spacial score (nSPS) is 11.1. The number of amides is 5. The zero-order valence-corrected chi connectivity index (χ0v) is 22.1. The van der Waals surface area contributed by atoms with Gasteiger partial charge in [-0.05, 0) is 38.3 Å². The molecular weight excluding hydrogens is 490 g/mol. The third-order valence-corrected chi connectivity index (χ3v) is 5.27. The zero-order valence-electron chi connectivity index (χ0n) is 22.1. The second-order valence-electron chi connectivity index (χ2n) is 9.50. The molecule has 0 unspecified atom stereocenters. The van der Waals surface area contributed by atoms with Gasteiger partial charge in [-0.2, -0.15) is 0 Å². The van der Waals surface area contributed by atoms with Crippen molar-refractivity contribution in [2.45, 2.75) is 52.1 Å². The Kier molecular flexibility index (Phi) is 11.0. The standard InChI is InChI=1S/C27H35N5O6/c1-5-6-17-32(30-23(34)22(28)33)31(25(36)24(35)29-26(37)38-27(2,3)4)18-21(19-13-9-7-10-14-19)20-15-11-8-12-16-20/h7-16,21H,5-6,17-18H2,1-4H3,(H2,28,33)(H,30,34)(H,29,35,37). The third-order valence-electron chi connectivity index (χ3n) is 5.27. The van der Waals surface area contributed by atoms with E-state index < -0.39 is 41.2 Å². The number of carbonyl (C=O) groups excluding carboxylic acids is 5. The molecule has 204 valence electrons. The number of carbonyl (C=O) groups is 5. The van der Waals surface area contributed by atoms with Gasteiger partial charge in [-0.25, -0.2) is 9.80 Å². The highest BCUT2D eigenvalue weighted by atomic mass is 16.6. The van der Waals surface area contributed by atoms with E-state index in [0.29, 0.717) is 12.8 Å². The molecular formula is C27H35N5O6. The summed E-state index contributed by atoms with van der Waals surface area (Å²) in [6, 6.07) is 18.6. The Labute approximate surface area is 222 Å². The number of ether oxygens (including phenoxy) is 1. The lowest BCUT2D eigenvalue weighted by Gasteiger charge is -2.36. The number of hydrogen-bond donors (Lipinski definition) is 3. The molecule has 0 saturated heterocycles. The van der Waals surface area contributed by atoms with Gasteiger partial charge in [0.15, 0.2) is 0 Å². The molecule has 2 rings (SSSR count). The quantitative estimate of drug-likeness (QED) is 0.335. The molecule has 2 aromatic carbocycles. The van der Waals surface area contributed by atoms with Gasteiger partial charge in [0.05, 0.1) is 6.54 Å². The van der Waals surface area contributed by atoms with Crippen LogP contribution >= 0.6 is 0 Å². The van der Waals surface area contributed by atoms with Gasteiger partial charge in [-0.3, -0.25) is 29.9 Å². The first kappa shape index (κ1) is 30.0. The van der Waals surface area contributed by atoms with Crippen molar-refractivity contribution in [3.8, 4) is 0 Å². The number of hydrazine groups is 2. The minimum absolute atomic E-state index is 0.0806. The van der Waals surface area contributed by atoms with E-state index in [1.54, 1.807) is 20.8 Å². The number of imide groups is 1. The van der Waals surface area contributed by atoms with Crippen LogP contribution in [0.4, 0.5) is 4.79 Å². The van der Waals surface area contributed by atoms with Crippen LogP contribution < -0.4 is 16.5 Å². The van der Waals surface area contributed by atoms with E-state index in [-0.39, 0.29) is 13.1 Å². The summed E-state index contributed by atoms with van der Waals surface area (Å²) in [4.78, 5) is 62.3. The molecule has 0 aliphatic carbocycles. The first-order valence-corrected chi connectivity index (χ1v) is 12.3. The molecule has 11 heteroatoms.